The van der Waals surface area contributed by atoms with Crippen LogP contribution in [-0.4, -0.2) is 23.0 Å². The van der Waals surface area contributed by atoms with Crippen molar-refractivity contribution >= 4 is 17.5 Å². The van der Waals surface area contributed by atoms with Crippen LogP contribution in [0.2, 0.25) is 0 Å². The highest BCUT2D eigenvalue weighted by Gasteiger charge is 2.29. The van der Waals surface area contributed by atoms with Gasteiger partial charge in [0.05, 0.1) is 11.7 Å². The lowest BCUT2D eigenvalue weighted by atomic mass is 9.84. The Morgan fingerprint density at radius 3 is 2.86 bits per heavy atom. The van der Waals surface area contributed by atoms with Gasteiger partial charge >= 0.3 is 0 Å². The minimum absolute atomic E-state index is 0.0958. The third-order valence-electron chi connectivity index (χ3n) is 5.33. The quantitative estimate of drug-likeness (QED) is 0.857. The molecular weight excluding hydrogens is 356 g/mol. The fourth-order valence-corrected chi connectivity index (χ4v) is 3.96. The Morgan fingerprint density at radius 1 is 1.25 bits per heavy atom. The first kappa shape index (κ1) is 18.3. The van der Waals surface area contributed by atoms with Crippen LogP contribution in [0.15, 0.2) is 50.2 Å². The zero-order chi connectivity index (χ0) is 19.7. The minimum Gasteiger partial charge on any atom is -0.361 e. The van der Waals surface area contributed by atoms with Gasteiger partial charge in [-0.05, 0) is 62.8 Å². The van der Waals surface area contributed by atoms with E-state index in [1.54, 1.807) is 13.8 Å². The van der Waals surface area contributed by atoms with Gasteiger partial charge in [-0.1, -0.05) is 17.3 Å². The predicted molar refractivity (Wildman–Crippen MR) is 103 cm³/mol. The number of nitrogens with one attached hydrogen (secondary N) is 1. The Labute approximate surface area is 162 Å². The number of aryl methyl sites for hydroxylation is 2. The topological polar surface area (TPSA) is 96.9 Å². The Hall–Kier alpha value is -3.09. The van der Waals surface area contributed by atoms with Gasteiger partial charge in [0, 0.05) is 17.7 Å². The van der Waals surface area contributed by atoms with Crippen LogP contribution in [0.25, 0.3) is 0 Å². The Kier molecular flexibility index (Phi) is 4.90. The number of anilines is 1. The Morgan fingerprint density at radius 2 is 2.07 bits per heavy atom. The molecule has 144 valence electrons. The van der Waals surface area contributed by atoms with Gasteiger partial charge in [-0.2, -0.15) is 5.11 Å². The van der Waals surface area contributed by atoms with E-state index in [0.717, 1.165) is 42.4 Å². The summed E-state index contributed by atoms with van der Waals surface area (Å²) in [6, 6.07) is 7.59. The summed E-state index contributed by atoms with van der Waals surface area (Å²) in [5.74, 6) is 0.0789. The largest absolute Gasteiger partial charge is 0.361 e. The van der Waals surface area contributed by atoms with Crippen LogP contribution in [0, 0.1) is 13.8 Å². The molecule has 1 aliphatic heterocycles. The maximum atomic E-state index is 12.6. The summed E-state index contributed by atoms with van der Waals surface area (Å²) < 4.78 is 5.07. The molecule has 1 aliphatic carbocycles. The molecule has 1 aromatic carbocycles. The maximum Gasteiger partial charge on any atom is 0.291 e. The summed E-state index contributed by atoms with van der Waals surface area (Å²) >= 11 is 0. The monoisotopic (exact) mass is 378 g/mol. The molecule has 0 radical (unpaired) electrons. The first-order valence-corrected chi connectivity index (χ1v) is 9.53. The average Bonchev–Trinajstić information content (AvgIpc) is 3.03. The van der Waals surface area contributed by atoms with Crippen molar-refractivity contribution in [3.05, 3.63) is 58.0 Å². The molecule has 1 N–H and O–H groups in total. The maximum absolute atomic E-state index is 12.6. The smallest absolute Gasteiger partial charge is 0.291 e. The highest BCUT2D eigenvalue weighted by atomic mass is 16.5. The van der Waals surface area contributed by atoms with Gasteiger partial charge < -0.3 is 9.84 Å². The summed E-state index contributed by atoms with van der Waals surface area (Å²) in [5, 5.41) is 14.8. The molecule has 7 heteroatoms. The number of hydrogen-bond acceptors (Lipinski definition) is 5. The van der Waals surface area contributed by atoms with Crippen LogP contribution < -0.4 is 5.32 Å². The Bertz CT molecular complexity index is 983. The summed E-state index contributed by atoms with van der Waals surface area (Å²) in [6.45, 7) is 3.46. The first-order valence-electron chi connectivity index (χ1n) is 9.53. The van der Waals surface area contributed by atoms with Gasteiger partial charge in [0.15, 0.2) is 0 Å². The fraction of sp³-hybridized carbons (Fsp3) is 0.381. The SMILES string of the molecule is Cc1noc(C)c1C(=O)Nc1cccc(CC2N=NC(=O)C3=C2CCCC3)c1. The summed E-state index contributed by atoms with van der Waals surface area (Å²) in [4.78, 5) is 24.5. The standard InChI is InChI=1S/C21H22N4O3/c1-12-19(13(2)28-25-12)21(27)22-15-7-5-6-14(10-15)11-18-16-8-3-4-9-17(16)20(26)24-23-18/h5-7,10,18H,3-4,8-9,11H2,1-2H3,(H,22,27). The van der Waals surface area contributed by atoms with Crippen LogP contribution in [0.5, 0.6) is 0 Å². The van der Waals surface area contributed by atoms with Gasteiger partial charge in [-0.15, -0.1) is 5.11 Å². The van der Waals surface area contributed by atoms with Gasteiger partial charge in [0.1, 0.15) is 11.3 Å². The lowest BCUT2D eigenvalue weighted by molar-refractivity contribution is -0.115. The minimum atomic E-state index is -0.242. The van der Waals surface area contributed by atoms with Crippen LogP contribution in [0.4, 0.5) is 5.69 Å². The van der Waals surface area contributed by atoms with E-state index >= 15 is 0 Å². The number of rotatable bonds is 4. The van der Waals surface area contributed by atoms with E-state index in [-0.39, 0.29) is 17.9 Å². The van der Waals surface area contributed by atoms with Crippen LogP contribution in [0.3, 0.4) is 0 Å². The molecule has 4 rings (SSSR count). The van der Waals surface area contributed by atoms with Crippen molar-refractivity contribution in [1.82, 2.24) is 5.16 Å². The lowest BCUT2D eigenvalue weighted by Crippen LogP contribution is -2.23. The number of amides is 2. The van der Waals surface area contributed by atoms with Gasteiger partial charge in [-0.25, -0.2) is 0 Å². The van der Waals surface area contributed by atoms with Gasteiger partial charge in [0.2, 0.25) is 0 Å². The van der Waals surface area contributed by atoms with E-state index in [0.29, 0.717) is 29.1 Å². The second-order valence-corrected chi connectivity index (χ2v) is 7.31. The molecule has 0 saturated carbocycles. The fourth-order valence-electron chi connectivity index (χ4n) is 3.96. The highest BCUT2D eigenvalue weighted by Crippen LogP contribution is 2.33. The third-order valence-corrected chi connectivity index (χ3v) is 5.33. The number of benzene rings is 1. The molecule has 1 unspecified atom stereocenters. The van der Waals surface area contributed by atoms with Crippen LogP contribution in [0.1, 0.15) is 53.1 Å². The first-order chi connectivity index (χ1) is 13.5. The van der Waals surface area contributed by atoms with Crippen LogP contribution >= 0.6 is 0 Å². The van der Waals surface area contributed by atoms with E-state index in [1.165, 1.54) is 0 Å². The average molecular weight is 378 g/mol. The summed E-state index contributed by atoms with van der Waals surface area (Å²) in [7, 11) is 0. The van der Waals surface area contributed by atoms with E-state index in [4.69, 9.17) is 4.52 Å². The molecule has 0 spiro atoms. The molecular formula is C21H22N4O3. The second kappa shape index (κ2) is 7.50. The molecule has 0 fully saturated rings. The van der Waals surface area contributed by atoms with Crippen molar-refractivity contribution in [1.29, 1.82) is 0 Å². The zero-order valence-electron chi connectivity index (χ0n) is 16.0. The lowest BCUT2D eigenvalue weighted by Gasteiger charge is -2.25. The normalized spacial score (nSPS) is 18.9. The summed E-state index contributed by atoms with van der Waals surface area (Å²) in [5.41, 5.74) is 4.75. The molecule has 7 nitrogen and oxygen atoms in total. The predicted octanol–water partition coefficient (Wildman–Crippen LogP) is 4.32. The number of nitrogens with zero attached hydrogens (tertiary/aromatic N) is 3. The van der Waals surface area contributed by atoms with Crippen molar-refractivity contribution in [2.24, 2.45) is 10.2 Å². The van der Waals surface area contributed by atoms with Gasteiger partial charge in [-0.3, -0.25) is 9.59 Å². The van der Waals surface area contributed by atoms with E-state index < -0.39 is 0 Å². The number of carbonyl (C=O) groups is 2. The molecule has 1 aromatic heterocycles. The van der Waals surface area contributed by atoms with E-state index in [9.17, 15) is 9.59 Å². The highest BCUT2D eigenvalue weighted by molar-refractivity contribution is 6.05. The number of hydrogen-bond donors (Lipinski definition) is 1. The van der Waals surface area contributed by atoms with Gasteiger partial charge in [0.25, 0.3) is 11.8 Å². The molecule has 2 aliphatic rings. The second-order valence-electron chi connectivity index (χ2n) is 7.31. The molecule has 0 bridgehead atoms. The van der Waals surface area contributed by atoms with Crippen molar-refractivity contribution in [2.75, 3.05) is 5.32 Å². The molecule has 0 saturated heterocycles. The van der Waals surface area contributed by atoms with E-state index in [1.807, 2.05) is 24.3 Å². The molecule has 2 heterocycles. The molecule has 2 amide bonds. The number of carbonyl (C=O) groups excluding carboxylic acids is 2. The number of azo groups is 1. The van der Waals surface area contributed by atoms with Crippen molar-refractivity contribution in [2.45, 2.75) is 52.0 Å². The van der Waals surface area contributed by atoms with Crippen LogP contribution in [-0.2, 0) is 11.2 Å². The van der Waals surface area contributed by atoms with Crippen molar-refractivity contribution in [3.8, 4) is 0 Å². The van der Waals surface area contributed by atoms with Crippen molar-refractivity contribution < 1.29 is 14.1 Å². The number of aromatic nitrogens is 1. The van der Waals surface area contributed by atoms with Crippen molar-refractivity contribution in [3.63, 3.8) is 0 Å². The summed E-state index contributed by atoms with van der Waals surface area (Å²) in [6.07, 6.45) is 4.50. The molecule has 28 heavy (non-hydrogen) atoms. The molecule has 2 aromatic rings. The molecule has 1 atom stereocenters. The zero-order valence-corrected chi connectivity index (χ0v) is 16.0. The van der Waals surface area contributed by atoms with E-state index in [2.05, 4.69) is 20.7 Å². The third kappa shape index (κ3) is 3.52. The Balaban J connectivity index is 1.51.